The Hall–Kier alpha value is -7.02. The summed E-state index contributed by atoms with van der Waals surface area (Å²) in [6.45, 7) is 23.3. The molecule has 354 valence electrons. The molecule has 2 aliphatic heterocycles. The number of nitrogens with zero attached hydrogens (tertiary/aromatic N) is 2. The van der Waals surface area contributed by atoms with Gasteiger partial charge in [-0.3, -0.25) is 4.90 Å². The molecule has 0 unspecified atom stereocenters. The summed E-state index contributed by atoms with van der Waals surface area (Å²) < 4.78 is 17.5. The smallest absolute Gasteiger partial charge is 0.337 e. The van der Waals surface area contributed by atoms with Crippen LogP contribution >= 0.6 is 11.3 Å². The molecule has 8 aromatic carbocycles. The van der Waals surface area contributed by atoms with Gasteiger partial charge in [-0.05, 0) is 134 Å². The molecule has 0 fully saturated rings. The predicted octanol–water partition coefficient (Wildman–Crippen LogP) is 18.0. The van der Waals surface area contributed by atoms with E-state index < -0.39 is 0 Å². The molecule has 4 nitrogen and oxygen atoms in total. The number of hydrogen-bond acceptors (Lipinski definition) is 5. The van der Waals surface area contributed by atoms with Crippen LogP contribution in [0.25, 0.3) is 75.3 Å². The molecule has 1 aliphatic carbocycles. The van der Waals surface area contributed by atoms with Gasteiger partial charge in [0, 0.05) is 64.3 Å². The van der Waals surface area contributed by atoms with Gasteiger partial charge in [-0.1, -0.05) is 160 Å². The highest BCUT2D eigenvalue weighted by Crippen LogP contribution is 2.57. The van der Waals surface area contributed by atoms with Gasteiger partial charge in [0.1, 0.15) is 11.2 Å². The normalized spacial score (nSPS) is 15.9. The first-order valence-corrected chi connectivity index (χ1v) is 26.7. The molecule has 14 rings (SSSR count). The van der Waals surface area contributed by atoms with Gasteiger partial charge in [-0.15, -0.1) is 11.3 Å². The van der Waals surface area contributed by atoms with Crippen molar-refractivity contribution in [2.24, 2.45) is 0 Å². The average molecular weight is 955 g/mol. The van der Waals surface area contributed by atoms with Gasteiger partial charge in [0.15, 0.2) is 5.58 Å². The van der Waals surface area contributed by atoms with E-state index in [-0.39, 0.29) is 28.5 Å². The van der Waals surface area contributed by atoms with Crippen molar-refractivity contribution in [2.45, 2.75) is 104 Å². The van der Waals surface area contributed by atoms with Crippen molar-refractivity contribution >= 4 is 111 Å². The predicted molar refractivity (Wildman–Crippen MR) is 308 cm³/mol. The molecule has 0 spiro atoms. The summed E-state index contributed by atoms with van der Waals surface area (Å²) in [5.41, 5.74) is 19.7. The molecule has 0 radical (unpaired) electrons. The SMILES string of the molecule is CC(C)(C)c1ccc(N2B3c4c(cc5sc6ccccc6c5c4-c4ccc5c(oc6ccccc65)c42)N(c2ccc(C(C)(C)C)cc2-c2ccccc2)c2oc4cc5c(cc4c23)C(C)(C)CCC5(C)C)cc1. The lowest BCUT2D eigenvalue weighted by Gasteiger charge is -2.44. The zero-order valence-electron chi connectivity index (χ0n) is 43.0. The third-order valence-electron chi connectivity index (χ3n) is 16.8. The number of thiophene rings is 1. The number of furan rings is 2. The number of benzene rings is 8. The van der Waals surface area contributed by atoms with Crippen LogP contribution in [0.15, 0.2) is 160 Å². The highest BCUT2D eigenvalue weighted by atomic mass is 32.1. The van der Waals surface area contributed by atoms with E-state index in [1.807, 2.05) is 11.3 Å². The quantitative estimate of drug-likeness (QED) is 0.165. The molecule has 72 heavy (non-hydrogen) atoms. The molecular formula is C66H59BN2O2S. The average Bonchev–Trinajstić information content (AvgIpc) is 4.06. The molecule has 11 aromatic rings. The monoisotopic (exact) mass is 954 g/mol. The van der Waals surface area contributed by atoms with Crippen molar-refractivity contribution in [3.63, 3.8) is 0 Å². The lowest BCUT2D eigenvalue weighted by molar-refractivity contribution is 0.332. The van der Waals surface area contributed by atoms with Crippen LogP contribution in [0, 0.1) is 0 Å². The fourth-order valence-electron chi connectivity index (χ4n) is 12.8. The second kappa shape index (κ2) is 14.8. The largest absolute Gasteiger partial charge is 0.454 e. The molecular weight excluding hydrogens is 896 g/mol. The molecule has 0 saturated heterocycles. The van der Waals surface area contributed by atoms with Crippen LogP contribution in [0.4, 0.5) is 28.6 Å². The Balaban J connectivity index is 1.20. The topological polar surface area (TPSA) is 32.8 Å². The maximum Gasteiger partial charge on any atom is 0.337 e. The molecule has 5 heterocycles. The minimum Gasteiger partial charge on any atom is -0.454 e. The molecule has 0 saturated carbocycles. The first-order chi connectivity index (χ1) is 34.5. The van der Waals surface area contributed by atoms with Crippen molar-refractivity contribution in [3.05, 3.63) is 174 Å². The zero-order valence-corrected chi connectivity index (χ0v) is 43.9. The van der Waals surface area contributed by atoms with E-state index in [1.54, 1.807) is 0 Å². The summed E-state index contributed by atoms with van der Waals surface area (Å²) in [5.74, 6) is 0.865. The molecule has 6 heteroatoms. The molecule has 3 aliphatic rings. The van der Waals surface area contributed by atoms with Crippen molar-refractivity contribution in [1.82, 2.24) is 0 Å². The van der Waals surface area contributed by atoms with Gasteiger partial charge in [0.25, 0.3) is 0 Å². The van der Waals surface area contributed by atoms with Crippen LogP contribution in [0.1, 0.15) is 104 Å². The van der Waals surface area contributed by atoms with E-state index in [2.05, 4.69) is 231 Å². The summed E-state index contributed by atoms with van der Waals surface area (Å²) in [7, 11) is 0. The van der Waals surface area contributed by atoms with E-state index in [9.17, 15) is 0 Å². The lowest BCUT2D eigenvalue weighted by Crippen LogP contribution is -2.61. The molecule has 3 aromatic heterocycles. The first kappa shape index (κ1) is 43.7. The summed E-state index contributed by atoms with van der Waals surface area (Å²) >= 11 is 1.88. The van der Waals surface area contributed by atoms with Gasteiger partial charge in [0.2, 0.25) is 5.88 Å². The summed E-state index contributed by atoms with van der Waals surface area (Å²) in [4.78, 5) is 5.16. The van der Waals surface area contributed by atoms with Gasteiger partial charge in [-0.25, -0.2) is 0 Å². The van der Waals surface area contributed by atoms with E-state index in [1.165, 1.54) is 81.0 Å². The fraction of sp³-hybridized carbons (Fsp3) is 0.242. The maximum atomic E-state index is 7.75. The van der Waals surface area contributed by atoms with Crippen LogP contribution < -0.4 is 20.6 Å². The van der Waals surface area contributed by atoms with Crippen LogP contribution in [-0.4, -0.2) is 6.85 Å². The van der Waals surface area contributed by atoms with Crippen molar-refractivity contribution in [1.29, 1.82) is 0 Å². The summed E-state index contributed by atoms with van der Waals surface area (Å²) in [5, 5.41) is 5.98. The van der Waals surface area contributed by atoms with Crippen molar-refractivity contribution in [2.75, 3.05) is 9.71 Å². The first-order valence-electron chi connectivity index (χ1n) is 25.9. The number of hydrogen-bond donors (Lipinski definition) is 0. The maximum absolute atomic E-state index is 7.75. The minimum absolute atomic E-state index is 0.00560. The van der Waals surface area contributed by atoms with Crippen LogP contribution in [0.5, 0.6) is 0 Å². The Morgan fingerprint density at radius 3 is 1.93 bits per heavy atom. The second-order valence-electron chi connectivity index (χ2n) is 24.3. The Labute approximate surface area is 427 Å². The standard InChI is InChI=1S/C66H59BN2O2S/c1-63(2,3)39-24-27-41(28-25-39)69-60-45(30-29-43-42-20-14-16-22-52(42)70-61(43)60)57-56-44-21-15-17-23-54(44)72-55(56)37-51-59(57)67(69)58-47-35-48-49(66(9,10)33-32-65(48,7)8)36-53(47)71-62(58)68(51)50-31-26-40(64(4,5)6)34-46(50)38-18-12-11-13-19-38/h11-31,34-37H,32-33H2,1-10H3. The summed E-state index contributed by atoms with van der Waals surface area (Å²) in [6.07, 6.45) is 2.24. The van der Waals surface area contributed by atoms with Crippen molar-refractivity contribution in [3.8, 4) is 22.3 Å². The summed E-state index contributed by atoms with van der Waals surface area (Å²) in [6, 6.07) is 57.3. The number of anilines is 5. The lowest BCUT2D eigenvalue weighted by atomic mass is 9.43. The van der Waals surface area contributed by atoms with E-state index >= 15 is 0 Å². The van der Waals surface area contributed by atoms with Crippen LogP contribution in [0.3, 0.4) is 0 Å². The highest BCUT2D eigenvalue weighted by Gasteiger charge is 2.51. The van der Waals surface area contributed by atoms with Gasteiger partial charge in [0.05, 0.1) is 11.4 Å². The van der Waals surface area contributed by atoms with Crippen LogP contribution in [-0.2, 0) is 21.7 Å². The van der Waals surface area contributed by atoms with E-state index in [0.717, 1.165) is 69.0 Å². The van der Waals surface area contributed by atoms with E-state index in [0.29, 0.717) is 0 Å². The van der Waals surface area contributed by atoms with Gasteiger partial charge >= 0.3 is 6.85 Å². The Kier molecular flexibility index (Phi) is 8.99. The molecule has 0 N–H and O–H groups in total. The molecule has 0 atom stereocenters. The second-order valence-corrected chi connectivity index (χ2v) is 25.4. The number of fused-ring (bicyclic) bond motifs is 15. The van der Waals surface area contributed by atoms with Gasteiger partial charge < -0.3 is 13.6 Å². The zero-order chi connectivity index (χ0) is 49.4. The molecule has 0 amide bonds. The molecule has 0 bridgehead atoms. The minimum atomic E-state index is -0.302. The Morgan fingerprint density at radius 2 is 1.19 bits per heavy atom. The van der Waals surface area contributed by atoms with Gasteiger partial charge in [-0.2, -0.15) is 0 Å². The Morgan fingerprint density at radius 1 is 0.528 bits per heavy atom. The highest BCUT2D eigenvalue weighted by molar-refractivity contribution is 7.26. The van der Waals surface area contributed by atoms with Crippen molar-refractivity contribution < 1.29 is 8.83 Å². The number of para-hydroxylation sites is 1. The third kappa shape index (κ3) is 6.17. The third-order valence-corrected chi connectivity index (χ3v) is 18.0. The fourth-order valence-corrected chi connectivity index (χ4v) is 13.9. The Bertz CT molecular complexity index is 4080. The van der Waals surface area contributed by atoms with E-state index in [4.69, 9.17) is 8.83 Å². The number of rotatable bonds is 3. The van der Waals surface area contributed by atoms with Crippen LogP contribution in [0.2, 0.25) is 0 Å².